The molecule has 0 spiro atoms. The predicted molar refractivity (Wildman–Crippen MR) is 81.6 cm³/mol. The zero-order valence-corrected chi connectivity index (χ0v) is 12.5. The van der Waals surface area contributed by atoms with Gasteiger partial charge in [0.15, 0.2) is 0 Å². The highest BCUT2D eigenvalue weighted by molar-refractivity contribution is 7.13. The van der Waals surface area contributed by atoms with E-state index in [1.54, 1.807) is 0 Å². The minimum absolute atomic E-state index is 0.367. The molecule has 0 atom stereocenters. The van der Waals surface area contributed by atoms with E-state index in [1.165, 1.54) is 11.3 Å². The zero-order valence-electron chi connectivity index (χ0n) is 11.7. The van der Waals surface area contributed by atoms with Crippen molar-refractivity contribution in [1.82, 2.24) is 4.98 Å². The molecule has 20 heavy (non-hydrogen) atoms. The Morgan fingerprint density at radius 3 is 2.50 bits per heavy atom. The second kappa shape index (κ2) is 6.52. The number of hydrogen-bond donors (Lipinski definition) is 1. The number of aromatic carboxylic acids is 1. The van der Waals surface area contributed by atoms with E-state index < -0.39 is 5.97 Å². The van der Waals surface area contributed by atoms with Crippen LogP contribution in [-0.2, 0) is 13.0 Å². The maximum absolute atomic E-state index is 11.2. The summed E-state index contributed by atoms with van der Waals surface area (Å²) in [6.07, 6.45) is 0.648. The van der Waals surface area contributed by atoms with Crippen molar-refractivity contribution in [2.24, 2.45) is 0 Å². The van der Waals surface area contributed by atoms with Crippen LogP contribution in [0, 0.1) is 0 Å². The van der Waals surface area contributed by atoms with Crippen molar-refractivity contribution in [3.8, 4) is 0 Å². The summed E-state index contributed by atoms with van der Waals surface area (Å²) in [5.74, 6) is -0.881. The van der Waals surface area contributed by atoms with E-state index in [9.17, 15) is 9.90 Å². The molecule has 0 aliphatic heterocycles. The van der Waals surface area contributed by atoms with Gasteiger partial charge >= 0.3 is 5.97 Å². The average molecular weight is 290 g/mol. The Bertz CT molecular complexity index is 581. The van der Waals surface area contributed by atoms with Gasteiger partial charge in [-0.25, -0.2) is 9.78 Å². The first-order chi connectivity index (χ1) is 9.65. The van der Waals surface area contributed by atoms with Crippen LogP contribution in [0.15, 0.2) is 30.3 Å². The van der Waals surface area contributed by atoms with Crippen molar-refractivity contribution in [1.29, 1.82) is 0 Å². The van der Waals surface area contributed by atoms with E-state index >= 15 is 0 Å². The Kier molecular flexibility index (Phi) is 4.74. The summed E-state index contributed by atoms with van der Waals surface area (Å²) in [5, 5.41) is 10.0. The van der Waals surface area contributed by atoms with Crippen LogP contribution < -0.4 is 4.90 Å². The lowest BCUT2D eigenvalue weighted by Gasteiger charge is -2.21. The number of carboxylic acid groups (broad SMARTS) is 1. The lowest BCUT2D eigenvalue weighted by atomic mass is 10.3. The van der Waals surface area contributed by atoms with Gasteiger partial charge in [-0.3, -0.25) is 0 Å². The summed E-state index contributed by atoms with van der Waals surface area (Å²) in [6.45, 7) is 5.51. The first kappa shape index (κ1) is 14.5. The molecule has 0 radical (unpaired) electrons. The van der Waals surface area contributed by atoms with Crippen LogP contribution in [0.1, 0.15) is 34.2 Å². The maximum Gasteiger partial charge on any atom is 0.347 e. The molecule has 2 rings (SSSR count). The molecule has 0 bridgehead atoms. The number of anilines is 1. The summed E-state index contributed by atoms with van der Waals surface area (Å²) in [7, 11) is 0. The number of aryl methyl sites for hydroxylation is 1. The van der Waals surface area contributed by atoms with E-state index in [4.69, 9.17) is 0 Å². The summed E-state index contributed by atoms with van der Waals surface area (Å²) < 4.78 is 0. The van der Waals surface area contributed by atoms with Crippen LogP contribution in [0.3, 0.4) is 0 Å². The van der Waals surface area contributed by atoms with Gasteiger partial charge in [-0.05, 0) is 25.5 Å². The van der Waals surface area contributed by atoms with Crippen molar-refractivity contribution in [3.05, 3.63) is 45.9 Å². The third-order valence-electron chi connectivity index (χ3n) is 3.10. The van der Waals surface area contributed by atoms with Crippen LogP contribution in [0.5, 0.6) is 0 Å². The number of para-hydroxylation sites is 1. The van der Waals surface area contributed by atoms with E-state index in [2.05, 4.69) is 28.9 Å². The van der Waals surface area contributed by atoms with Gasteiger partial charge in [0.1, 0.15) is 9.88 Å². The highest BCUT2D eigenvalue weighted by Crippen LogP contribution is 2.23. The SMILES string of the molecule is CCc1nc(CN(CC)c2ccccc2)sc1C(=O)O. The molecule has 0 saturated heterocycles. The number of carboxylic acids is 1. The molecule has 0 aliphatic rings. The van der Waals surface area contributed by atoms with Crippen LogP contribution >= 0.6 is 11.3 Å². The molecule has 1 heterocycles. The monoisotopic (exact) mass is 290 g/mol. The van der Waals surface area contributed by atoms with Crippen molar-refractivity contribution in [2.75, 3.05) is 11.4 Å². The molecule has 0 amide bonds. The minimum Gasteiger partial charge on any atom is -0.477 e. The van der Waals surface area contributed by atoms with E-state index in [-0.39, 0.29) is 0 Å². The summed E-state index contributed by atoms with van der Waals surface area (Å²) in [5.41, 5.74) is 1.81. The Morgan fingerprint density at radius 2 is 2.00 bits per heavy atom. The van der Waals surface area contributed by atoms with E-state index in [0.29, 0.717) is 23.5 Å². The zero-order chi connectivity index (χ0) is 14.5. The molecule has 0 unspecified atom stereocenters. The fourth-order valence-corrected chi connectivity index (χ4v) is 3.07. The predicted octanol–water partition coefficient (Wildman–Crippen LogP) is 3.43. The summed E-state index contributed by atoms with van der Waals surface area (Å²) >= 11 is 1.28. The first-order valence-electron chi connectivity index (χ1n) is 6.67. The number of hydrogen-bond acceptors (Lipinski definition) is 4. The first-order valence-corrected chi connectivity index (χ1v) is 7.49. The third-order valence-corrected chi connectivity index (χ3v) is 4.17. The second-order valence-corrected chi connectivity index (χ2v) is 5.48. The van der Waals surface area contributed by atoms with E-state index in [1.807, 2.05) is 25.1 Å². The topological polar surface area (TPSA) is 53.4 Å². The highest BCUT2D eigenvalue weighted by Gasteiger charge is 2.17. The number of benzene rings is 1. The number of rotatable bonds is 6. The Morgan fingerprint density at radius 1 is 1.30 bits per heavy atom. The molecule has 106 valence electrons. The van der Waals surface area contributed by atoms with Gasteiger partial charge in [0.05, 0.1) is 12.2 Å². The molecule has 0 aliphatic carbocycles. The molecule has 4 nitrogen and oxygen atoms in total. The summed E-state index contributed by atoms with van der Waals surface area (Å²) in [4.78, 5) is 18.2. The standard InChI is InChI=1S/C15H18N2O2S/c1-3-12-14(15(18)19)20-13(16-12)10-17(4-2)11-8-6-5-7-9-11/h5-9H,3-4,10H2,1-2H3,(H,18,19). The Labute approximate surface area is 122 Å². The second-order valence-electron chi connectivity index (χ2n) is 4.39. The fraction of sp³-hybridized carbons (Fsp3) is 0.333. The lowest BCUT2D eigenvalue weighted by Crippen LogP contribution is -2.21. The lowest BCUT2D eigenvalue weighted by molar-refractivity contribution is 0.0701. The summed E-state index contributed by atoms with van der Waals surface area (Å²) in [6, 6.07) is 10.1. The van der Waals surface area contributed by atoms with Crippen LogP contribution in [0.4, 0.5) is 5.69 Å². The van der Waals surface area contributed by atoms with Crippen LogP contribution in [-0.4, -0.2) is 22.6 Å². The van der Waals surface area contributed by atoms with Crippen molar-refractivity contribution >= 4 is 23.0 Å². The van der Waals surface area contributed by atoms with Gasteiger partial charge < -0.3 is 10.0 Å². The van der Waals surface area contributed by atoms with Crippen molar-refractivity contribution in [2.45, 2.75) is 26.8 Å². The highest BCUT2D eigenvalue weighted by atomic mass is 32.1. The van der Waals surface area contributed by atoms with Gasteiger partial charge in [-0.1, -0.05) is 25.1 Å². The maximum atomic E-state index is 11.2. The van der Waals surface area contributed by atoms with Gasteiger partial charge in [0.25, 0.3) is 0 Å². The van der Waals surface area contributed by atoms with Crippen molar-refractivity contribution < 1.29 is 9.90 Å². The molecule has 5 heteroatoms. The normalized spacial score (nSPS) is 10.5. The number of nitrogens with zero attached hydrogens (tertiary/aromatic N) is 2. The van der Waals surface area contributed by atoms with Crippen LogP contribution in [0.2, 0.25) is 0 Å². The van der Waals surface area contributed by atoms with E-state index in [0.717, 1.165) is 17.2 Å². The van der Waals surface area contributed by atoms with Crippen LogP contribution in [0.25, 0.3) is 0 Å². The quantitative estimate of drug-likeness (QED) is 0.885. The van der Waals surface area contributed by atoms with Crippen molar-refractivity contribution in [3.63, 3.8) is 0 Å². The molecule has 1 N–H and O–H groups in total. The molecule has 0 saturated carbocycles. The molecular formula is C15H18N2O2S. The molecule has 0 fully saturated rings. The van der Waals surface area contributed by atoms with Gasteiger partial charge in [-0.15, -0.1) is 11.3 Å². The third kappa shape index (κ3) is 3.17. The Balaban J connectivity index is 2.22. The average Bonchev–Trinajstić information content (AvgIpc) is 2.89. The molecule has 1 aromatic carbocycles. The smallest absolute Gasteiger partial charge is 0.347 e. The number of thiazole rings is 1. The van der Waals surface area contributed by atoms with Gasteiger partial charge in [0.2, 0.25) is 0 Å². The molecular weight excluding hydrogens is 272 g/mol. The molecule has 2 aromatic rings. The largest absolute Gasteiger partial charge is 0.477 e. The minimum atomic E-state index is -0.881. The van der Waals surface area contributed by atoms with Gasteiger partial charge in [-0.2, -0.15) is 0 Å². The van der Waals surface area contributed by atoms with Gasteiger partial charge in [0, 0.05) is 12.2 Å². The molecule has 1 aromatic heterocycles. The number of aromatic nitrogens is 1. The fourth-order valence-electron chi connectivity index (χ4n) is 2.06. The number of carbonyl (C=O) groups is 1. The Hall–Kier alpha value is -1.88.